The molecule has 4 nitrogen and oxygen atoms in total. The van der Waals surface area contributed by atoms with E-state index in [2.05, 4.69) is 16.6 Å². The Bertz CT molecular complexity index is 1020. The molecule has 0 saturated heterocycles. The van der Waals surface area contributed by atoms with Crippen LogP contribution in [-0.2, 0) is 16.4 Å². The van der Waals surface area contributed by atoms with Gasteiger partial charge in [0.05, 0.1) is 21.3 Å². The topological polar surface area (TPSA) is 59.1 Å². The van der Waals surface area contributed by atoms with Crippen LogP contribution >= 0.6 is 22.7 Å². The SMILES string of the molecule is CCc1nc(-c2cc(S(=O)(=O)Nc3ccc(C)cc3C)c(C)s2)cs1. The van der Waals surface area contributed by atoms with E-state index in [1.165, 1.54) is 11.3 Å². The average Bonchev–Trinajstić information content (AvgIpc) is 3.16. The monoisotopic (exact) mass is 392 g/mol. The van der Waals surface area contributed by atoms with Crippen LogP contribution in [0.3, 0.4) is 0 Å². The zero-order chi connectivity index (χ0) is 18.2. The molecule has 1 N–H and O–H groups in total. The molecule has 0 spiro atoms. The molecule has 3 aromatic rings. The number of anilines is 1. The van der Waals surface area contributed by atoms with E-state index in [0.717, 1.165) is 38.0 Å². The summed E-state index contributed by atoms with van der Waals surface area (Å²) >= 11 is 3.06. The lowest BCUT2D eigenvalue weighted by atomic mass is 10.1. The molecule has 0 atom stereocenters. The number of hydrogen-bond acceptors (Lipinski definition) is 5. The molecule has 0 aliphatic rings. The number of rotatable bonds is 5. The molecular weight excluding hydrogens is 372 g/mol. The van der Waals surface area contributed by atoms with Crippen LogP contribution in [0.2, 0.25) is 0 Å². The Morgan fingerprint density at radius 1 is 1.16 bits per heavy atom. The van der Waals surface area contributed by atoms with Gasteiger partial charge >= 0.3 is 0 Å². The largest absolute Gasteiger partial charge is 0.279 e. The summed E-state index contributed by atoms with van der Waals surface area (Å²) < 4.78 is 28.4. The molecule has 3 rings (SSSR count). The summed E-state index contributed by atoms with van der Waals surface area (Å²) in [7, 11) is -3.63. The van der Waals surface area contributed by atoms with Crippen molar-refractivity contribution in [3.8, 4) is 10.6 Å². The summed E-state index contributed by atoms with van der Waals surface area (Å²) in [6.45, 7) is 7.78. The van der Waals surface area contributed by atoms with Crippen LogP contribution in [0.1, 0.15) is 27.9 Å². The van der Waals surface area contributed by atoms with Gasteiger partial charge in [-0.3, -0.25) is 4.72 Å². The van der Waals surface area contributed by atoms with Crippen molar-refractivity contribution in [3.63, 3.8) is 0 Å². The van der Waals surface area contributed by atoms with E-state index in [0.29, 0.717) is 10.6 Å². The number of aromatic nitrogens is 1. The smallest absolute Gasteiger partial charge is 0.263 e. The Hall–Kier alpha value is -1.70. The van der Waals surface area contributed by atoms with Crippen molar-refractivity contribution in [3.05, 3.63) is 50.7 Å². The van der Waals surface area contributed by atoms with Crippen LogP contribution in [0.5, 0.6) is 0 Å². The van der Waals surface area contributed by atoms with Crippen LogP contribution in [0.15, 0.2) is 34.5 Å². The van der Waals surface area contributed by atoms with E-state index in [-0.39, 0.29) is 0 Å². The first-order valence-corrected chi connectivity index (χ1v) is 11.1. The molecule has 1 aromatic carbocycles. The first-order chi connectivity index (χ1) is 11.8. The lowest BCUT2D eigenvalue weighted by Crippen LogP contribution is -2.14. The second-order valence-electron chi connectivity index (χ2n) is 5.93. The number of thiophene rings is 1. The van der Waals surface area contributed by atoms with Gasteiger partial charge in [-0.1, -0.05) is 24.6 Å². The molecule has 25 heavy (non-hydrogen) atoms. The third-order valence-corrected chi connectivity index (χ3v) is 7.58. The molecule has 0 bridgehead atoms. The predicted octanol–water partition coefficient (Wildman–Crippen LogP) is 5.16. The van der Waals surface area contributed by atoms with Crippen LogP contribution in [0.25, 0.3) is 10.6 Å². The molecule has 0 amide bonds. The van der Waals surface area contributed by atoms with E-state index < -0.39 is 10.0 Å². The van der Waals surface area contributed by atoms with Gasteiger partial charge in [-0.15, -0.1) is 22.7 Å². The summed E-state index contributed by atoms with van der Waals surface area (Å²) in [5.41, 5.74) is 3.47. The maximum atomic E-state index is 12.8. The zero-order valence-electron chi connectivity index (χ0n) is 14.6. The highest BCUT2D eigenvalue weighted by Gasteiger charge is 2.22. The maximum Gasteiger partial charge on any atom is 0.263 e. The molecule has 132 valence electrons. The summed E-state index contributed by atoms with van der Waals surface area (Å²) in [5.74, 6) is 0. The Balaban J connectivity index is 1.94. The molecule has 0 unspecified atom stereocenters. The number of aryl methyl sites for hydroxylation is 4. The summed E-state index contributed by atoms with van der Waals surface area (Å²) in [6, 6.07) is 7.39. The molecule has 0 radical (unpaired) electrons. The van der Waals surface area contributed by atoms with Crippen molar-refractivity contribution < 1.29 is 8.42 Å². The number of sulfonamides is 1. The standard InChI is InChI=1S/C18H20N2O2S3/c1-5-18-19-15(10-23-18)16-9-17(13(4)24-16)25(21,22)20-14-7-6-11(2)8-12(14)3/h6-10,20H,5H2,1-4H3. The van der Waals surface area contributed by atoms with Gasteiger partial charge in [-0.25, -0.2) is 13.4 Å². The fourth-order valence-corrected chi connectivity index (χ4v) is 6.08. The van der Waals surface area contributed by atoms with Crippen LogP contribution < -0.4 is 4.72 Å². The molecule has 7 heteroatoms. The third-order valence-electron chi connectivity index (χ3n) is 3.89. The Morgan fingerprint density at radius 3 is 2.56 bits per heavy atom. The maximum absolute atomic E-state index is 12.8. The van der Waals surface area contributed by atoms with Crippen molar-refractivity contribution in [2.75, 3.05) is 4.72 Å². The zero-order valence-corrected chi connectivity index (χ0v) is 17.0. The van der Waals surface area contributed by atoms with Gasteiger partial charge in [0.15, 0.2) is 0 Å². The van der Waals surface area contributed by atoms with Gasteiger partial charge in [0, 0.05) is 10.3 Å². The van der Waals surface area contributed by atoms with Gasteiger partial charge in [0.25, 0.3) is 10.0 Å². The third kappa shape index (κ3) is 3.78. The number of benzene rings is 1. The van der Waals surface area contributed by atoms with Crippen LogP contribution in [0, 0.1) is 20.8 Å². The average molecular weight is 393 g/mol. The lowest BCUT2D eigenvalue weighted by molar-refractivity contribution is 0.601. The predicted molar refractivity (Wildman–Crippen MR) is 106 cm³/mol. The molecule has 0 aliphatic heterocycles. The van der Waals surface area contributed by atoms with Crippen molar-refractivity contribution >= 4 is 38.4 Å². The minimum absolute atomic E-state index is 0.318. The summed E-state index contributed by atoms with van der Waals surface area (Å²) in [4.78, 5) is 6.52. The van der Waals surface area contributed by atoms with E-state index >= 15 is 0 Å². The minimum atomic E-state index is -3.63. The van der Waals surface area contributed by atoms with Crippen LogP contribution in [-0.4, -0.2) is 13.4 Å². The minimum Gasteiger partial charge on any atom is -0.279 e. The van der Waals surface area contributed by atoms with E-state index in [1.54, 1.807) is 23.5 Å². The van der Waals surface area contributed by atoms with Crippen LogP contribution in [0.4, 0.5) is 5.69 Å². The number of nitrogens with zero attached hydrogens (tertiary/aromatic N) is 1. The molecule has 0 saturated carbocycles. The molecule has 0 fully saturated rings. The summed E-state index contributed by atoms with van der Waals surface area (Å²) in [5, 5.41) is 3.04. The molecular formula is C18H20N2O2S3. The highest BCUT2D eigenvalue weighted by atomic mass is 32.2. The molecule has 0 aliphatic carbocycles. The molecule has 2 aromatic heterocycles. The van der Waals surface area contributed by atoms with Crippen molar-refractivity contribution in [2.45, 2.75) is 39.0 Å². The van der Waals surface area contributed by atoms with Gasteiger partial charge < -0.3 is 0 Å². The van der Waals surface area contributed by atoms with E-state index in [1.807, 2.05) is 38.3 Å². The fraction of sp³-hybridized carbons (Fsp3) is 0.278. The Labute approximate surface area is 156 Å². The van der Waals surface area contributed by atoms with Crippen molar-refractivity contribution in [2.24, 2.45) is 0 Å². The van der Waals surface area contributed by atoms with Gasteiger partial charge in [0.1, 0.15) is 4.90 Å². The van der Waals surface area contributed by atoms with Gasteiger partial charge in [-0.2, -0.15) is 0 Å². The fourth-order valence-electron chi connectivity index (χ4n) is 2.57. The summed E-state index contributed by atoms with van der Waals surface area (Å²) in [6.07, 6.45) is 0.883. The lowest BCUT2D eigenvalue weighted by Gasteiger charge is -2.10. The number of nitrogens with one attached hydrogen (secondary N) is 1. The van der Waals surface area contributed by atoms with Gasteiger partial charge in [-0.05, 0) is 44.9 Å². The van der Waals surface area contributed by atoms with Crippen molar-refractivity contribution in [1.82, 2.24) is 4.98 Å². The quantitative estimate of drug-likeness (QED) is 0.652. The second kappa shape index (κ2) is 6.90. The van der Waals surface area contributed by atoms with Gasteiger partial charge in [0.2, 0.25) is 0 Å². The normalized spacial score (nSPS) is 11.7. The van der Waals surface area contributed by atoms with E-state index in [9.17, 15) is 8.42 Å². The molecule has 2 heterocycles. The van der Waals surface area contributed by atoms with Crippen molar-refractivity contribution in [1.29, 1.82) is 0 Å². The number of hydrogen-bond donors (Lipinski definition) is 1. The highest BCUT2D eigenvalue weighted by molar-refractivity contribution is 7.93. The first kappa shape index (κ1) is 18.1. The Morgan fingerprint density at radius 2 is 1.92 bits per heavy atom. The first-order valence-electron chi connectivity index (χ1n) is 7.95. The Kier molecular flexibility index (Phi) is 4.99. The second-order valence-corrected chi connectivity index (χ2v) is 9.78. The highest BCUT2D eigenvalue weighted by Crippen LogP contribution is 2.35. The van der Waals surface area contributed by atoms with E-state index in [4.69, 9.17) is 0 Å². The number of thiazole rings is 1.